The van der Waals surface area contributed by atoms with Crippen molar-refractivity contribution in [2.24, 2.45) is 56.2 Å². The third kappa shape index (κ3) is 5.93. The molecule has 1 aromatic carbocycles. The SMILES string of the molecule is CC=c1c(Cc2cc(C)cc(C)c2)c2c(n1C[C@H]1C3=C([C@H](C)C[C@@H](O)[C@@H]4OC4(C)C)C(=O)C[C@@]3(C)[C@@]3(C)CC[C@@H]4[C@](C)(CCC(=O)[C@@]4(C)C4CCCC4)[C@@H]3[C@@H]1O)=CC=N2. The van der Waals surface area contributed by atoms with Crippen LogP contribution in [0.3, 0.4) is 0 Å². The van der Waals surface area contributed by atoms with Gasteiger partial charge >= 0.3 is 0 Å². The standard InChI is InChI=1S/C52H70N2O5/c1-11-36-34(26-32-23-29(2)22-30(3)24-32)44-37(18-21-53-44)54(36)28-35-43-42(31(4)25-38(55)47-48(5,6)59-47)39(56)27-51(43,9)50(8)20-16-40-49(7,46(50)45(35)58)19-17-41(57)52(40,10)33-14-12-13-15-33/h11,18,21-24,31,33,35,38,40,45-47,55,58H,12-17,19-20,25-28H2,1-10H3/t31-,35+,38-,40-,45-,46+,47+,49+,50+,51-,52+/m1/s1. The number of carbonyl (C=O) groups excluding carboxylic acids is 2. The first-order chi connectivity index (χ1) is 27.8. The van der Waals surface area contributed by atoms with Crippen LogP contribution in [-0.2, 0) is 27.3 Å². The summed E-state index contributed by atoms with van der Waals surface area (Å²) in [4.78, 5) is 34.2. The van der Waals surface area contributed by atoms with Crippen LogP contribution in [0.4, 0.5) is 5.69 Å². The van der Waals surface area contributed by atoms with Crippen LogP contribution in [0.15, 0.2) is 34.3 Å². The Bertz CT molecular complexity index is 2270. The number of aliphatic hydroxyl groups is 2. The van der Waals surface area contributed by atoms with Gasteiger partial charge in [0.2, 0.25) is 0 Å². The fourth-order valence-corrected chi connectivity index (χ4v) is 15.6. The van der Waals surface area contributed by atoms with Gasteiger partial charge in [0.05, 0.1) is 28.8 Å². The van der Waals surface area contributed by atoms with E-state index in [1.807, 2.05) is 20.1 Å². The second kappa shape index (κ2) is 13.9. The summed E-state index contributed by atoms with van der Waals surface area (Å²) >= 11 is 0. The fraction of sp³-hybridized carbons (Fsp3) is 0.673. The highest BCUT2D eigenvalue weighted by Crippen LogP contribution is 2.76. The number of Topliss-reactive ketones (excluding diaryl/α,β-unsaturated/α-hetero) is 2. The number of ether oxygens (including phenoxy) is 1. The average molecular weight is 803 g/mol. The third-order valence-electron chi connectivity index (χ3n) is 18.3. The highest BCUT2D eigenvalue weighted by Gasteiger charge is 2.73. The summed E-state index contributed by atoms with van der Waals surface area (Å²) in [6.07, 6.45) is 14.0. The lowest BCUT2D eigenvalue weighted by molar-refractivity contribution is -0.227. The van der Waals surface area contributed by atoms with Crippen LogP contribution in [-0.4, -0.2) is 56.5 Å². The molecular weight excluding hydrogens is 733 g/mol. The summed E-state index contributed by atoms with van der Waals surface area (Å²) in [5.41, 5.74) is 6.01. The molecular formula is C52H70N2O5. The number of epoxide rings is 1. The molecule has 2 N–H and O–H groups in total. The second-order valence-electron chi connectivity index (χ2n) is 22.0. The zero-order chi connectivity index (χ0) is 42.2. The summed E-state index contributed by atoms with van der Waals surface area (Å²) in [5.74, 6) is 0.572. The molecule has 1 aromatic heterocycles. The Morgan fingerprint density at radius 2 is 1.68 bits per heavy atom. The Morgan fingerprint density at radius 1 is 1.00 bits per heavy atom. The maximum absolute atomic E-state index is 14.9. The van der Waals surface area contributed by atoms with Crippen molar-refractivity contribution in [1.29, 1.82) is 0 Å². The van der Waals surface area contributed by atoms with E-state index < -0.39 is 23.0 Å². The summed E-state index contributed by atoms with van der Waals surface area (Å²) in [6, 6.07) is 6.76. The van der Waals surface area contributed by atoms with Crippen molar-refractivity contribution < 1.29 is 24.5 Å². The minimum absolute atomic E-state index is 0.0947. The highest BCUT2D eigenvalue weighted by atomic mass is 16.6. The maximum atomic E-state index is 14.9. The Balaban J connectivity index is 1.20. The third-order valence-corrected chi connectivity index (χ3v) is 18.3. The summed E-state index contributed by atoms with van der Waals surface area (Å²) < 4.78 is 8.30. The van der Waals surface area contributed by atoms with Crippen molar-refractivity contribution in [2.75, 3.05) is 0 Å². The minimum atomic E-state index is -0.728. The smallest absolute Gasteiger partial charge is 0.160 e. The van der Waals surface area contributed by atoms with E-state index in [2.05, 4.69) is 90.3 Å². The van der Waals surface area contributed by atoms with Crippen molar-refractivity contribution in [3.05, 3.63) is 62.3 Å². The number of ketones is 2. The van der Waals surface area contributed by atoms with Crippen molar-refractivity contribution >= 4 is 35.6 Å². The number of hydrogen-bond acceptors (Lipinski definition) is 6. The summed E-state index contributed by atoms with van der Waals surface area (Å²) in [6.45, 7) is 22.6. The van der Waals surface area contributed by atoms with Gasteiger partial charge in [-0.25, -0.2) is 0 Å². The van der Waals surface area contributed by atoms with E-state index in [1.54, 1.807) is 0 Å². The Hall–Kier alpha value is -3.13. The lowest BCUT2D eigenvalue weighted by Gasteiger charge is -2.70. The van der Waals surface area contributed by atoms with E-state index >= 15 is 0 Å². The summed E-state index contributed by atoms with van der Waals surface area (Å²) in [5, 5.41) is 27.3. The lowest BCUT2D eigenvalue weighted by Crippen LogP contribution is -2.68. The molecule has 0 bridgehead atoms. The number of aryl methyl sites for hydroxylation is 2. The fourth-order valence-electron chi connectivity index (χ4n) is 15.6. The van der Waals surface area contributed by atoms with Gasteiger partial charge < -0.3 is 19.5 Å². The van der Waals surface area contributed by atoms with Gasteiger partial charge in [0, 0.05) is 59.7 Å². The maximum Gasteiger partial charge on any atom is 0.160 e. The zero-order valence-electron chi connectivity index (χ0n) is 37.6. The van der Waals surface area contributed by atoms with Gasteiger partial charge in [0.15, 0.2) is 5.78 Å². The molecule has 2 aromatic rings. The molecule has 2 aliphatic heterocycles. The van der Waals surface area contributed by atoms with Crippen LogP contribution >= 0.6 is 0 Å². The lowest BCUT2D eigenvalue weighted by atomic mass is 9.34. The van der Waals surface area contributed by atoms with E-state index in [1.165, 1.54) is 35.1 Å². The van der Waals surface area contributed by atoms with Gasteiger partial charge in [-0.15, -0.1) is 0 Å². The molecule has 9 rings (SSSR count). The molecule has 5 aliphatic carbocycles. The Kier molecular flexibility index (Phi) is 9.74. The minimum Gasteiger partial charge on any atom is -0.392 e. The predicted octanol–water partition coefficient (Wildman–Crippen LogP) is 8.42. The molecule has 7 nitrogen and oxygen atoms in total. The molecule has 5 fully saturated rings. The molecule has 318 valence electrons. The Labute approximate surface area is 352 Å². The Morgan fingerprint density at radius 3 is 2.32 bits per heavy atom. The van der Waals surface area contributed by atoms with Crippen molar-refractivity contribution in [1.82, 2.24) is 4.57 Å². The van der Waals surface area contributed by atoms with Gasteiger partial charge in [-0.2, -0.15) is 0 Å². The molecule has 0 radical (unpaired) electrons. The molecule has 0 unspecified atom stereocenters. The van der Waals surface area contributed by atoms with E-state index in [0.29, 0.717) is 37.5 Å². The zero-order valence-corrected chi connectivity index (χ0v) is 37.6. The number of aliphatic hydroxyl groups excluding tert-OH is 2. The molecule has 4 saturated carbocycles. The number of hydrogen-bond donors (Lipinski definition) is 2. The van der Waals surface area contributed by atoms with Gasteiger partial charge in [-0.05, 0) is 130 Å². The van der Waals surface area contributed by atoms with Crippen molar-refractivity contribution in [3.8, 4) is 0 Å². The number of allylic oxidation sites excluding steroid dienone is 1. The number of aliphatic imine (C=N–C) groups is 1. The van der Waals surface area contributed by atoms with E-state index in [9.17, 15) is 19.8 Å². The van der Waals surface area contributed by atoms with Crippen LogP contribution in [0.25, 0.3) is 12.2 Å². The van der Waals surface area contributed by atoms with E-state index in [4.69, 9.17) is 9.73 Å². The van der Waals surface area contributed by atoms with Crippen molar-refractivity contribution in [2.45, 2.75) is 170 Å². The molecule has 11 atom stereocenters. The largest absolute Gasteiger partial charge is 0.392 e. The molecule has 1 saturated heterocycles. The number of carbonyl (C=O) groups is 2. The second-order valence-corrected chi connectivity index (χ2v) is 22.0. The molecule has 7 heteroatoms. The first kappa shape index (κ1) is 41.2. The average Bonchev–Trinajstić information content (AvgIpc) is 3.71. The summed E-state index contributed by atoms with van der Waals surface area (Å²) in [7, 11) is 0. The number of fused-ring (bicyclic) bond motifs is 6. The number of aromatic nitrogens is 1. The van der Waals surface area contributed by atoms with Crippen LogP contribution in [0, 0.1) is 65.1 Å². The molecule has 59 heavy (non-hydrogen) atoms. The molecule has 0 amide bonds. The van der Waals surface area contributed by atoms with Crippen LogP contribution < -0.4 is 10.7 Å². The molecule has 3 heterocycles. The van der Waals surface area contributed by atoms with Crippen molar-refractivity contribution in [3.63, 3.8) is 0 Å². The quantitative estimate of drug-likeness (QED) is 0.248. The van der Waals surface area contributed by atoms with Crippen LogP contribution in [0.2, 0.25) is 0 Å². The highest BCUT2D eigenvalue weighted by molar-refractivity contribution is 6.01. The predicted molar refractivity (Wildman–Crippen MR) is 235 cm³/mol. The van der Waals surface area contributed by atoms with Crippen LogP contribution in [0.1, 0.15) is 142 Å². The van der Waals surface area contributed by atoms with Crippen LogP contribution in [0.5, 0.6) is 0 Å². The van der Waals surface area contributed by atoms with E-state index in [-0.39, 0.29) is 52.0 Å². The monoisotopic (exact) mass is 803 g/mol. The first-order valence-electron chi connectivity index (χ1n) is 23.1. The van der Waals surface area contributed by atoms with E-state index in [0.717, 1.165) is 66.1 Å². The first-order valence-corrected chi connectivity index (χ1v) is 23.1. The topological polar surface area (TPSA) is 104 Å². The number of rotatable bonds is 9. The van der Waals surface area contributed by atoms with Gasteiger partial charge in [0.1, 0.15) is 11.9 Å². The number of nitrogens with zero attached hydrogens (tertiary/aromatic N) is 2. The van der Waals surface area contributed by atoms with Gasteiger partial charge in [0.25, 0.3) is 0 Å². The molecule has 0 spiro atoms. The number of benzene rings is 1. The normalized spacial score (nSPS) is 38.6. The molecule has 7 aliphatic rings. The van der Waals surface area contributed by atoms with Gasteiger partial charge in [-0.3, -0.25) is 14.6 Å². The van der Waals surface area contributed by atoms with Gasteiger partial charge in [-0.1, -0.05) is 82.9 Å².